The van der Waals surface area contributed by atoms with Gasteiger partial charge in [-0.15, -0.1) is 0 Å². The lowest BCUT2D eigenvalue weighted by Gasteiger charge is -2.22. The number of hydrogen-bond donors (Lipinski definition) is 1. The van der Waals surface area contributed by atoms with Gasteiger partial charge in [-0.05, 0) is 24.5 Å². The van der Waals surface area contributed by atoms with Crippen molar-refractivity contribution < 1.29 is 0 Å². The third kappa shape index (κ3) is 1.71. The zero-order valence-corrected chi connectivity index (χ0v) is 7.69. The first-order valence-electron chi connectivity index (χ1n) is 4.76. The van der Waals surface area contributed by atoms with E-state index in [1.807, 2.05) is 18.5 Å². The highest BCUT2D eigenvalue weighted by Crippen LogP contribution is 2.29. The van der Waals surface area contributed by atoms with Gasteiger partial charge in [-0.3, -0.25) is 9.88 Å². The van der Waals surface area contributed by atoms with Crippen LogP contribution in [0.2, 0.25) is 0 Å². The fraction of sp³-hybridized carbons (Fsp3) is 0.500. The second-order valence-electron chi connectivity index (χ2n) is 3.44. The van der Waals surface area contributed by atoms with Crippen LogP contribution in [-0.2, 0) is 0 Å². The van der Waals surface area contributed by atoms with Crippen molar-refractivity contribution >= 4 is 0 Å². The molecule has 0 aromatic carbocycles. The fourth-order valence-corrected chi connectivity index (χ4v) is 2.00. The molecule has 0 bridgehead atoms. The predicted molar refractivity (Wildman–Crippen MR) is 52.0 cm³/mol. The second kappa shape index (κ2) is 3.85. The van der Waals surface area contributed by atoms with Crippen LogP contribution in [0.5, 0.6) is 0 Å². The standard InChI is InChI=1S/C10H15N3/c11-8-13-6-2-4-10(13)9-3-1-5-12-7-9/h1,3,5,7,10H,2,4,6,8,11H2. The number of rotatable bonds is 2. The average molecular weight is 177 g/mol. The molecule has 1 aliphatic heterocycles. The zero-order valence-electron chi connectivity index (χ0n) is 7.69. The normalized spacial score (nSPS) is 23.6. The molecule has 2 heterocycles. The summed E-state index contributed by atoms with van der Waals surface area (Å²) in [5.41, 5.74) is 6.96. The maximum atomic E-state index is 5.67. The van der Waals surface area contributed by atoms with Gasteiger partial charge in [0.05, 0.1) is 0 Å². The van der Waals surface area contributed by atoms with E-state index in [9.17, 15) is 0 Å². The van der Waals surface area contributed by atoms with Crippen molar-refractivity contribution in [1.82, 2.24) is 9.88 Å². The van der Waals surface area contributed by atoms with Gasteiger partial charge in [-0.25, -0.2) is 0 Å². The first kappa shape index (κ1) is 8.66. The predicted octanol–water partition coefficient (Wildman–Crippen LogP) is 1.13. The lowest BCUT2D eigenvalue weighted by Crippen LogP contribution is -2.29. The van der Waals surface area contributed by atoms with E-state index in [-0.39, 0.29) is 0 Å². The van der Waals surface area contributed by atoms with Crippen molar-refractivity contribution in [3.63, 3.8) is 0 Å². The first-order chi connectivity index (χ1) is 6.42. The molecule has 0 saturated carbocycles. The molecule has 0 radical (unpaired) electrons. The number of likely N-dealkylation sites (tertiary alicyclic amines) is 1. The minimum Gasteiger partial charge on any atom is -0.318 e. The minimum atomic E-state index is 0.499. The van der Waals surface area contributed by atoms with Crippen LogP contribution in [0.1, 0.15) is 24.4 Å². The van der Waals surface area contributed by atoms with E-state index in [1.165, 1.54) is 18.4 Å². The van der Waals surface area contributed by atoms with E-state index in [1.54, 1.807) is 0 Å². The van der Waals surface area contributed by atoms with Gasteiger partial charge in [-0.2, -0.15) is 0 Å². The maximum absolute atomic E-state index is 5.67. The van der Waals surface area contributed by atoms with Crippen molar-refractivity contribution in [2.45, 2.75) is 18.9 Å². The van der Waals surface area contributed by atoms with Crippen LogP contribution in [0.25, 0.3) is 0 Å². The van der Waals surface area contributed by atoms with Crippen LogP contribution in [0.15, 0.2) is 24.5 Å². The molecule has 1 unspecified atom stereocenters. The Hall–Kier alpha value is -0.930. The molecule has 3 heteroatoms. The Kier molecular flexibility index (Phi) is 2.57. The summed E-state index contributed by atoms with van der Waals surface area (Å²) >= 11 is 0. The quantitative estimate of drug-likeness (QED) is 0.736. The molecule has 2 rings (SSSR count). The van der Waals surface area contributed by atoms with Crippen LogP contribution in [0.3, 0.4) is 0 Å². The Bertz CT molecular complexity index is 260. The highest BCUT2D eigenvalue weighted by molar-refractivity contribution is 5.15. The lowest BCUT2D eigenvalue weighted by atomic mass is 10.1. The Labute approximate surface area is 78.6 Å². The van der Waals surface area contributed by atoms with Crippen molar-refractivity contribution in [3.05, 3.63) is 30.1 Å². The van der Waals surface area contributed by atoms with Crippen LogP contribution in [0.4, 0.5) is 0 Å². The van der Waals surface area contributed by atoms with Gasteiger partial charge in [0.15, 0.2) is 0 Å². The summed E-state index contributed by atoms with van der Waals surface area (Å²) in [5.74, 6) is 0. The van der Waals surface area contributed by atoms with Gasteiger partial charge >= 0.3 is 0 Å². The Morgan fingerprint density at radius 1 is 1.62 bits per heavy atom. The van der Waals surface area contributed by atoms with E-state index in [2.05, 4.69) is 16.0 Å². The Morgan fingerprint density at radius 3 is 3.23 bits per heavy atom. The van der Waals surface area contributed by atoms with Crippen molar-refractivity contribution in [2.75, 3.05) is 13.2 Å². The van der Waals surface area contributed by atoms with Crippen molar-refractivity contribution in [1.29, 1.82) is 0 Å². The van der Waals surface area contributed by atoms with Crippen LogP contribution in [-0.4, -0.2) is 23.1 Å². The molecule has 0 amide bonds. The van der Waals surface area contributed by atoms with Crippen LogP contribution in [0, 0.1) is 0 Å². The molecule has 2 N–H and O–H groups in total. The van der Waals surface area contributed by atoms with Gasteiger partial charge in [-0.1, -0.05) is 6.07 Å². The summed E-state index contributed by atoms with van der Waals surface area (Å²) < 4.78 is 0. The smallest absolute Gasteiger partial charge is 0.0461 e. The largest absolute Gasteiger partial charge is 0.318 e. The molecular formula is C10H15N3. The zero-order chi connectivity index (χ0) is 9.10. The maximum Gasteiger partial charge on any atom is 0.0461 e. The Balaban J connectivity index is 2.16. The lowest BCUT2D eigenvalue weighted by molar-refractivity contribution is 0.264. The molecule has 1 aliphatic rings. The monoisotopic (exact) mass is 177 g/mol. The number of aromatic nitrogens is 1. The minimum absolute atomic E-state index is 0.499. The summed E-state index contributed by atoms with van der Waals surface area (Å²) in [4.78, 5) is 6.43. The van der Waals surface area contributed by atoms with Crippen LogP contribution >= 0.6 is 0 Å². The summed E-state index contributed by atoms with van der Waals surface area (Å²) in [7, 11) is 0. The molecule has 1 aromatic heterocycles. The number of nitrogens with zero attached hydrogens (tertiary/aromatic N) is 2. The van der Waals surface area contributed by atoms with Gasteiger partial charge < -0.3 is 5.73 Å². The van der Waals surface area contributed by atoms with E-state index in [4.69, 9.17) is 5.73 Å². The van der Waals surface area contributed by atoms with Crippen LogP contribution < -0.4 is 5.73 Å². The topological polar surface area (TPSA) is 42.1 Å². The van der Waals surface area contributed by atoms with Crippen molar-refractivity contribution in [2.24, 2.45) is 5.73 Å². The third-order valence-electron chi connectivity index (χ3n) is 2.67. The highest BCUT2D eigenvalue weighted by atomic mass is 15.2. The molecular weight excluding hydrogens is 162 g/mol. The molecule has 1 aromatic rings. The molecule has 3 nitrogen and oxygen atoms in total. The molecule has 0 aliphatic carbocycles. The number of hydrogen-bond acceptors (Lipinski definition) is 3. The molecule has 1 fully saturated rings. The highest BCUT2D eigenvalue weighted by Gasteiger charge is 2.24. The second-order valence-corrected chi connectivity index (χ2v) is 3.44. The van der Waals surface area contributed by atoms with Crippen molar-refractivity contribution in [3.8, 4) is 0 Å². The van der Waals surface area contributed by atoms with Gasteiger partial charge in [0.1, 0.15) is 0 Å². The third-order valence-corrected chi connectivity index (χ3v) is 2.67. The fourth-order valence-electron chi connectivity index (χ4n) is 2.00. The molecule has 1 atom stereocenters. The summed E-state index contributed by atoms with van der Waals surface area (Å²) in [6.45, 7) is 1.77. The molecule has 1 saturated heterocycles. The summed E-state index contributed by atoms with van der Waals surface area (Å²) in [5, 5.41) is 0. The average Bonchev–Trinajstić information content (AvgIpc) is 2.67. The SMILES string of the molecule is NCN1CCCC1c1cccnc1. The molecule has 70 valence electrons. The molecule has 0 spiro atoms. The van der Waals surface area contributed by atoms with E-state index in [0.29, 0.717) is 12.7 Å². The summed E-state index contributed by atoms with van der Waals surface area (Å²) in [6, 6.07) is 4.62. The Morgan fingerprint density at radius 2 is 2.54 bits per heavy atom. The first-order valence-corrected chi connectivity index (χ1v) is 4.76. The van der Waals surface area contributed by atoms with E-state index >= 15 is 0 Å². The van der Waals surface area contributed by atoms with Gasteiger partial charge in [0.25, 0.3) is 0 Å². The van der Waals surface area contributed by atoms with E-state index < -0.39 is 0 Å². The number of pyridine rings is 1. The van der Waals surface area contributed by atoms with E-state index in [0.717, 1.165) is 6.54 Å². The van der Waals surface area contributed by atoms with Gasteiger partial charge in [0, 0.05) is 31.6 Å². The van der Waals surface area contributed by atoms with Gasteiger partial charge in [0.2, 0.25) is 0 Å². The molecule has 13 heavy (non-hydrogen) atoms. The summed E-state index contributed by atoms with van der Waals surface area (Å²) in [6.07, 6.45) is 6.21. The number of nitrogens with two attached hydrogens (primary N) is 1.